The van der Waals surface area contributed by atoms with E-state index in [2.05, 4.69) is 33.8 Å². The molecular weight excluding hydrogens is 398 g/mol. The van der Waals surface area contributed by atoms with Crippen molar-refractivity contribution in [2.24, 2.45) is 40.4 Å². The maximum atomic E-state index is 12.3. The average molecular weight is 446 g/mol. The zero-order valence-corrected chi connectivity index (χ0v) is 21.5. The average Bonchev–Trinajstić information content (AvgIpc) is 3.14. The van der Waals surface area contributed by atoms with Crippen LogP contribution in [0.25, 0.3) is 0 Å². The number of fused-ring (bicyclic) bond motifs is 5. The van der Waals surface area contributed by atoms with Gasteiger partial charge in [0.15, 0.2) is 0 Å². The molecule has 0 spiro atoms. The first-order valence-corrected chi connectivity index (χ1v) is 13.3. The first-order valence-electron chi connectivity index (χ1n) is 13.3. The van der Waals surface area contributed by atoms with E-state index < -0.39 is 5.60 Å². The Kier molecular flexibility index (Phi) is 6.62. The molecule has 0 saturated heterocycles. The van der Waals surface area contributed by atoms with Gasteiger partial charge in [-0.3, -0.25) is 9.63 Å². The number of rotatable bonds is 6. The van der Waals surface area contributed by atoms with Gasteiger partial charge in [-0.25, -0.2) is 5.06 Å². The highest BCUT2D eigenvalue weighted by Gasteiger charge is 2.59. The quantitative estimate of drug-likeness (QED) is 0.394. The van der Waals surface area contributed by atoms with E-state index in [9.17, 15) is 9.90 Å². The van der Waals surface area contributed by atoms with Crippen molar-refractivity contribution in [3.63, 3.8) is 0 Å². The van der Waals surface area contributed by atoms with Crippen molar-refractivity contribution in [1.29, 1.82) is 0 Å². The van der Waals surface area contributed by atoms with Crippen LogP contribution in [0.5, 0.6) is 0 Å². The monoisotopic (exact) mass is 445 g/mol. The maximum Gasteiger partial charge on any atom is 0.245 e. The van der Waals surface area contributed by atoms with Crippen molar-refractivity contribution >= 4 is 5.91 Å². The molecule has 1 amide bonds. The van der Waals surface area contributed by atoms with Crippen LogP contribution < -0.4 is 0 Å². The highest BCUT2D eigenvalue weighted by Crippen LogP contribution is 2.67. The van der Waals surface area contributed by atoms with Gasteiger partial charge in [0, 0.05) is 13.5 Å². The molecular formula is C28H47NO3. The lowest BCUT2D eigenvalue weighted by atomic mass is 9.46. The Labute approximate surface area is 196 Å². The summed E-state index contributed by atoms with van der Waals surface area (Å²) in [7, 11) is 3.27. The molecule has 0 aromatic rings. The third-order valence-electron chi connectivity index (χ3n) is 11.1. The van der Waals surface area contributed by atoms with E-state index >= 15 is 0 Å². The number of carbonyl (C=O) groups is 1. The van der Waals surface area contributed by atoms with Gasteiger partial charge in [0.25, 0.3) is 0 Å². The summed E-state index contributed by atoms with van der Waals surface area (Å²) in [4.78, 5) is 17.3. The molecule has 2 unspecified atom stereocenters. The van der Waals surface area contributed by atoms with Crippen LogP contribution >= 0.6 is 0 Å². The third-order valence-corrected chi connectivity index (χ3v) is 11.1. The summed E-state index contributed by atoms with van der Waals surface area (Å²) in [6, 6.07) is 0. The van der Waals surface area contributed by atoms with Gasteiger partial charge in [-0.2, -0.15) is 0 Å². The number of aliphatic hydroxyl groups is 1. The second-order valence-electron chi connectivity index (χ2n) is 12.3. The molecule has 0 radical (unpaired) electrons. The normalized spacial score (nSPS) is 44.2. The topological polar surface area (TPSA) is 49.8 Å². The van der Waals surface area contributed by atoms with Crippen molar-refractivity contribution in [3.8, 4) is 0 Å². The highest BCUT2D eigenvalue weighted by atomic mass is 16.7. The van der Waals surface area contributed by atoms with E-state index in [1.807, 2.05) is 0 Å². The fourth-order valence-corrected chi connectivity index (χ4v) is 8.80. The molecule has 4 aliphatic rings. The molecule has 4 nitrogen and oxygen atoms in total. The summed E-state index contributed by atoms with van der Waals surface area (Å²) in [5.74, 6) is 3.79. The second-order valence-corrected chi connectivity index (χ2v) is 12.3. The number of allylic oxidation sites excluding steroid dienone is 1. The number of amides is 1. The van der Waals surface area contributed by atoms with Gasteiger partial charge in [-0.15, -0.1) is 0 Å². The fourth-order valence-electron chi connectivity index (χ4n) is 8.80. The summed E-state index contributed by atoms with van der Waals surface area (Å²) in [6.45, 7) is 9.64. The number of hydrogen-bond acceptors (Lipinski definition) is 3. The number of nitrogens with zero attached hydrogens (tertiary/aromatic N) is 1. The van der Waals surface area contributed by atoms with Crippen LogP contribution in [0.15, 0.2) is 11.6 Å². The van der Waals surface area contributed by atoms with Crippen LogP contribution in [0.2, 0.25) is 0 Å². The first-order chi connectivity index (χ1) is 15.1. The van der Waals surface area contributed by atoms with Crippen molar-refractivity contribution in [1.82, 2.24) is 5.06 Å². The van der Waals surface area contributed by atoms with E-state index in [1.165, 1.54) is 37.2 Å². The molecule has 8 atom stereocenters. The van der Waals surface area contributed by atoms with Gasteiger partial charge in [0.05, 0.1) is 12.7 Å². The zero-order chi connectivity index (χ0) is 23.3. The van der Waals surface area contributed by atoms with E-state index in [0.717, 1.165) is 55.8 Å². The molecule has 0 aliphatic heterocycles. The van der Waals surface area contributed by atoms with Gasteiger partial charge < -0.3 is 5.11 Å². The predicted octanol–water partition coefficient (Wildman–Crippen LogP) is 6.14. The molecule has 0 bridgehead atoms. The van der Waals surface area contributed by atoms with Crippen LogP contribution in [-0.2, 0) is 9.63 Å². The summed E-state index contributed by atoms with van der Waals surface area (Å²) in [6.07, 6.45) is 14.6. The van der Waals surface area contributed by atoms with Gasteiger partial charge in [0.2, 0.25) is 5.91 Å². The lowest BCUT2D eigenvalue weighted by molar-refractivity contribution is -0.169. The minimum absolute atomic E-state index is 0.0879. The standard InChI is InChI=1S/C28H47NO3/c1-7-28(31)17-16-26(3)20(18-28)9-10-21-23-12-11-22(27(23,4)15-14-24(21)26)19(2)8-13-25(30)29(5)32-6/h9,19,21-24,31H,7-8,10-18H2,1-6H3/t19-,21+,22-,23?,24?,26+,27-,28+/m1/s1. The Bertz CT molecular complexity index is 749. The van der Waals surface area contributed by atoms with Gasteiger partial charge in [-0.05, 0) is 105 Å². The van der Waals surface area contributed by atoms with Crippen molar-refractivity contribution in [2.45, 2.75) is 104 Å². The van der Waals surface area contributed by atoms with E-state index in [0.29, 0.717) is 23.2 Å². The molecule has 4 heteroatoms. The lowest BCUT2D eigenvalue weighted by Gasteiger charge is -2.59. The molecule has 1 N–H and O–H groups in total. The molecule has 0 aromatic carbocycles. The SMILES string of the molecule is CC[C@]1(O)CC[C@@]2(C)C(=CC[C@@H]3C2CC[C@@]2(C)C3CC[C@@H]2[C@H](C)CCC(=O)N(C)OC)C1. The largest absolute Gasteiger partial charge is 0.390 e. The molecule has 3 saturated carbocycles. The summed E-state index contributed by atoms with van der Waals surface area (Å²) in [5.41, 5.74) is 1.81. The van der Waals surface area contributed by atoms with E-state index in [1.54, 1.807) is 19.7 Å². The lowest BCUT2D eigenvalue weighted by Crippen LogP contribution is -2.52. The molecule has 4 rings (SSSR count). The van der Waals surface area contributed by atoms with Crippen LogP contribution in [0, 0.1) is 40.4 Å². The Balaban J connectivity index is 1.48. The highest BCUT2D eigenvalue weighted by molar-refractivity contribution is 5.74. The molecule has 4 aliphatic carbocycles. The van der Waals surface area contributed by atoms with Gasteiger partial charge >= 0.3 is 0 Å². The van der Waals surface area contributed by atoms with Crippen molar-refractivity contribution in [3.05, 3.63) is 11.6 Å². The third kappa shape index (κ3) is 3.87. The minimum Gasteiger partial charge on any atom is -0.390 e. The molecule has 3 fully saturated rings. The van der Waals surface area contributed by atoms with Crippen molar-refractivity contribution in [2.75, 3.05) is 14.2 Å². The Morgan fingerprint density at radius 3 is 2.66 bits per heavy atom. The number of hydrogen-bond donors (Lipinski definition) is 1. The van der Waals surface area contributed by atoms with Crippen LogP contribution in [-0.4, -0.2) is 35.8 Å². The number of carbonyl (C=O) groups excluding carboxylic acids is 1. The second kappa shape index (κ2) is 8.73. The van der Waals surface area contributed by atoms with Crippen LogP contribution in [0.3, 0.4) is 0 Å². The van der Waals surface area contributed by atoms with Gasteiger partial charge in [-0.1, -0.05) is 39.3 Å². The molecule has 32 heavy (non-hydrogen) atoms. The predicted molar refractivity (Wildman–Crippen MR) is 129 cm³/mol. The van der Waals surface area contributed by atoms with Crippen LogP contribution in [0.4, 0.5) is 0 Å². The number of hydroxylamine groups is 2. The zero-order valence-electron chi connectivity index (χ0n) is 21.5. The van der Waals surface area contributed by atoms with Crippen LogP contribution in [0.1, 0.15) is 98.3 Å². The first kappa shape index (κ1) is 24.3. The van der Waals surface area contributed by atoms with E-state index in [4.69, 9.17) is 4.84 Å². The van der Waals surface area contributed by atoms with Crippen molar-refractivity contribution < 1.29 is 14.7 Å². The minimum atomic E-state index is -0.469. The fraction of sp³-hybridized carbons (Fsp3) is 0.893. The van der Waals surface area contributed by atoms with Gasteiger partial charge in [0.1, 0.15) is 0 Å². The summed E-state index contributed by atoms with van der Waals surface area (Å²) >= 11 is 0. The Morgan fingerprint density at radius 2 is 1.97 bits per heavy atom. The Morgan fingerprint density at radius 1 is 1.22 bits per heavy atom. The molecule has 0 aromatic heterocycles. The smallest absolute Gasteiger partial charge is 0.245 e. The van der Waals surface area contributed by atoms with E-state index in [-0.39, 0.29) is 5.91 Å². The summed E-state index contributed by atoms with van der Waals surface area (Å²) in [5, 5.41) is 12.3. The summed E-state index contributed by atoms with van der Waals surface area (Å²) < 4.78 is 0. The maximum absolute atomic E-state index is 12.3. The molecule has 0 heterocycles. The Hall–Kier alpha value is -0.870. The molecule has 182 valence electrons.